The molecule has 2 amide bonds. The van der Waals surface area contributed by atoms with Crippen molar-refractivity contribution >= 4 is 41.7 Å². The number of esters is 5. The number of nitrogens with one attached hydrogen (secondary N) is 2. The molecule has 0 rings (SSSR count). The molecule has 0 fully saturated rings. The molecule has 2 N–H and O–H groups in total. The van der Waals surface area contributed by atoms with E-state index in [1.807, 2.05) is 19.0 Å². The fraction of sp³-hybridized carbons (Fsp3) is 0.500. The predicted octanol–water partition coefficient (Wildman–Crippen LogP) is -2.13. The second-order valence-electron chi connectivity index (χ2n) is 6.76. The molecule has 15 nitrogen and oxygen atoms in total. The molecule has 0 bridgehead atoms. The van der Waals surface area contributed by atoms with Crippen molar-refractivity contribution < 1.29 is 57.2 Å². The molecule has 0 saturated carbocycles. The van der Waals surface area contributed by atoms with Gasteiger partial charge in [-0.25, -0.2) is 19.2 Å². The number of nitrogens with zero attached hydrogens (tertiary/aromatic N) is 1. The van der Waals surface area contributed by atoms with E-state index in [2.05, 4.69) is 34.3 Å². The van der Waals surface area contributed by atoms with E-state index in [1.165, 1.54) is 14.2 Å². The molecule has 208 valence electrons. The monoisotopic (exact) mass is 531 g/mol. The fourth-order valence-corrected chi connectivity index (χ4v) is 1.70. The summed E-state index contributed by atoms with van der Waals surface area (Å²) in [7, 11) is 7.34. The van der Waals surface area contributed by atoms with Crippen LogP contribution in [0.3, 0.4) is 0 Å². The number of amides is 2. The first-order valence-corrected chi connectivity index (χ1v) is 10.6. The van der Waals surface area contributed by atoms with Crippen LogP contribution < -0.4 is 10.6 Å². The summed E-state index contributed by atoms with van der Waals surface area (Å²) in [6.07, 6.45) is 3.56. The lowest BCUT2D eigenvalue weighted by molar-refractivity contribution is -0.144. The van der Waals surface area contributed by atoms with Gasteiger partial charge in [-0.1, -0.05) is 0 Å². The average molecular weight is 532 g/mol. The summed E-state index contributed by atoms with van der Waals surface area (Å²) in [4.78, 5) is 78.4. The van der Waals surface area contributed by atoms with Gasteiger partial charge in [0.15, 0.2) is 13.2 Å². The molecule has 0 aromatic carbocycles. The standard InChI is InChI=1S/C11H18N2O5.C11H15NO7/c1-13(2)7-6-12-9(14)8-18-11(16)5-4-10(15)17-3;1-17-9(14)3-4-11(16)19-7-8(13)12-6-5-10(15)18-2/h4-5H,6-8H2,1-3H3,(H,12,14);3-4H,5-7H2,1-2H3,(H,12,13)/b5-4+;4-3+. The number of likely N-dealkylation sites (N-methyl/N-ethyl adjacent to an activating group) is 1. The Bertz CT molecular complexity index is 837. The van der Waals surface area contributed by atoms with Gasteiger partial charge in [-0.15, -0.1) is 0 Å². The molecular weight excluding hydrogens is 498 g/mol. The Balaban J connectivity index is 0. The van der Waals surface area contributed by atoms with Gasteiger partial charge in [0, 0.05) is 43.9 Å². The second-order valence-corrected chi connectivity index (χ2v) is 6.76. The highest BCUT2D eigenvalue weighted by molar-refractivity contribution is 5.93. The normalized spacial score (nSPS) is 10.1. The summed E-state index contributed by atoms with van der Waals surface area (Å²) in [6.45, 7) is 0.369. The molecule has 0 aromatic rings. The molecule has 15 heteroatoms. The minimum Gasteiger partial charge on any atom is -0.469 e. The Labute approximate surface area is 214 Å². The lowest BCUT2D eigenvalue weighted by atomic mass is 10.4. The maximum absolute atomic E-state index is 11.2. The van der Waals surface area contributed by atoms with Crippen LogP contribution in [0, 0.1) is 0 Å². The van der Waals surface area contributed by atoms with Crippen LogP contribution in [0.1, 0.15) is 6.42 Å². The van der Waals surface area contributed by atoms with Crippen molar-refractivity contribution in [1.82, 2.24) is 15.5 Å². The summed E-state index contributed by atoms with van der Waals surface area (Å²) in [6, 6.07) is 0. The minimum atomic E-state index is -0.853. The van der Waals surface area contributed by atoms with Gasteiger partial charge in [0.25, 0.3) is 11.8 Å². The number of ether oxygens (including phenoxy) is 5. The van der Waals surface area contributed by atoms with Crippen LogP contribution in [0.5, 0.6) is 0 Å². The highest BCUT2D eigenvalue weighted by atomic mass is 16.5. The first-order valence-electron chi connectivity index (χ1n) is 10.6. The van der Waals surface area contributed by atoms with E-state index in [0.29, 0.717) is 13.1 Å². The average Bonchev–Trinajstić information content (AvgIpc) is 2.87. The fourth-order valence-electron chi connectivity index (χ4n) is 1.70. The Morgan fingerprint density at radius 3 is 1.41 bits per heavy atom. The third kappa shape index (κ3) is 24.7. The lowest BCUT2D eigenvalue weighted by Crippen LogP contribution is -2.34. The first kappa shape index (κ1) is 34.9. The molecule has 0 aliphatic heterocycles. The molecule has 0 atom stereocenters. The summed E-state index contributed by atoms with van der Waals surface area (Å²) in [5, 5.41) is 4.92. The molecule has 0 unspecified atom stereocenters. The maximum atomic E-state index is 11.2. The van der Waals surface area contributed by atoms with E-state index in [0.717, 1.165) is 31.4 Å². The summed E-state index contributed by atoms with van der Waals surface area (Å²) in [5.41, 5.74) is 0. The maximum Gasteiger partial charge on any atom is 0.331 e. The van der Waals surface area contributed by atoms with E-state index in [9.17, 15) is 33.6 Å². The number of carbonyl (C=O) groups is 7. The molecule has 37 heavy (non-hydrogen) atoms. The van der Waals surface area contributed by atoms with Crippen LogP contribution in [0.4, 0.5) is 0 Å². The van der Waals surface area contributed by atoms with Gasteiger partial charge in [-0.05, 0) is 14.1 Å². The largest absolute Gasteiger partial charge is 0.469 e. The van der Waals surface area contributed by atoms with Gasteiger partial charge >= 0.3 is 29.8 Å². The molecule has 0 saturated heterocycles. The first-order chi connectivity index (χ1) is 17.4. The zero-order chi connectivity index (χ0) is 28.6. The third-order valence-electron chi connectivity index (χ3n) is 3.56. The van der Waals surface area contributed by atoms with Crippen molar-refractivity contribution in [3.8, 4) is 0 Å². The number of hydrogen-bond acceptors (Lipinski definition) is 13. The van der Waals surface area contributed by atoms with Crippen LogP contribution in [0.25, 0.3) is 0 Å². The van der Waals surface area contributed by atoms with E-state index >= 15 is 0 Å². The van der Waals surface area contributed by atoms with Crippen molar-refractivity contribution in [2.45, 2.75) is 6.42 Å². The number of rotatable bonds is 14. The highest BCUT2D eigenvalue weighted by Gasteiger charge is 2.07. The van der Waals surface area contributed by atoms with Gasteiger partial charge in [-0.2, -0.15) is 0 Å². The summed E-state index contributed by atoms with van der Waals surface area (Å²) < 4.78 is 22.0. The van der Waals surface area contributed by atoms with Crippen LogP contribution in [-0.2, 0) is 57.2 Å². The van der Waals surface area contributed by atoms with Gasteiger partial charge in [0.05, 0.1) is 27.8 Å². The summed E-state index contributed by atoms with van der Waals surface area (Å²) in [5.74, 6) is -4.42. The predicted molar refractivity (Wildman–Crippen MR) is 125 cm³/mol. The van der Waals surface area contributed by atoms with E-state index in [-0.39, 0.29) is 19.6 Å². The Kier molecular flexibility index (Phi) is 20.9. The van der Waals surface area contributed by atoms with Crippen LogP contribution >= 0.6 is 0 Å². The van der Waals surface area contributed by atoms with Gasteiger partial charge in [0.1, 0.15) is 0 Å². The van der Waals surface area contributed by atoms with Crippen molar-refractivity contribution in [3.63, 3.8) is 0 Å². The molecule has 0 spiro atoms. The van der Waals surface area contributed by atoms with E-state index < -0.39 is 48.3 Å². The van der Waals surface area contributed by atoms with Gasteiger partial charge in [0.2, 0.25) is 0 Å². The third-order valence-corrected chi connectivity index (χ3v) is 3.56. The Morgan fingerprint density at radius 2 is 1.03 bits per heavy atom. The molecule has 0 aromatic heterocycles. The SMILES string of the molecule is COC(=O)/C=C/C(=O)OCC(=O)NCCC(=O)OC.COC(=O)/C=C/C(=O)OCC(=O)NCCN(C)C. The zero-order valence-corrected chi connectivity index (χ0v) is 21.4. The topological polar surface area (TPSA) is 193 Å². The Hall–Kier alpha value is -4.27. The van der Waals surface area contributed by atoms with Crippen molar-refractivity contribution in [1.29, 1.82) is 0 Å². The van der Waals surface area contributed by atoms with Gasteiger partial charge < -0.3 is 39.2 Å². The molecule has 0 radical (unpaired) electrons. The van der Waals surface area contributed by atoms with Crippen molar-refractivity contribution in [2.24, 2.45) is 0 Å². The van der Waals surface area contributed by atoms with Crippen LogP contribution in [-0.4, -0.2) is 115 Å². The second kappa shape index (κ2) is 22.2. The lowest BCUT2D eigenvalue weighted by Gasteiger charge is -2.10. The van der Waals surface area contributed by atoms with Gasteiger partial charge in [-0.3, -0.25) is 14.4 Å². The highest BCUT2D eigenvalue weighted by Crippen LogP contribution is 1.86. The zero-order valence-electron chi connectivity index (χ0n) is 21.4. The van der Waals surface area contributed by atoms with Crippen molar-refractivity contribution in [3.05, 3.63) is 24.3 Å². The number of carbonyl (C=O) groups excluding carboxylic acids is 7. The van der Waals surface area contributed by atoms with Crippen molar-refractivity contribution in [2.75, 3.05) is 68.3 Å². The molecule has 0 aliphatic rings. The molecule has 0 heterocycles. The van der Waals surface area contributed by atoms with E-state index in [1.54, 1.807) is 0 Å². The molecular formula is C22H33N3O12. The minimum absolute atomic E-state index is 0.0262. The molecule has 0 aliphatic carbocycles. The smallest absolute Gasteiger partial charge is 0.331 e. The van der Waals surface area contributed by atoms with Crippen LogP contribution in [0.2, 0.25) is 0 Å². The number of methoxy groups -OCH3 is 3. The summed E-state index contributed by atoms with van der Waals surface area (Å²) >= 11 is 0. The van der Waals surface area contributed by atoms with E-state index in [4.69, 9.17) is 0 Å². The Morgan fingerprint density at radius 1 is 0.622 bits per heavy atom. The quantitative estimate of drug-likeness (QED) is 0.140. The van der Waals surface area contributed by atoms with Crippen LogP contribution in [0.15, 0.2) is 24.3 Å². The number of hydrogen-bond donors (Lipinski definition) is 2.